The molecule has 100 valence electrons. The van der Waals surface area contributed by atoms with E-state index in [-0.39, 0.29) is 0 Å². The zero-order valence-electron chi connectivity index (χ0n) is 12.1. The number of hydrogen-bond donors (Lipinski definition) is 1. The molecule has 1 N–H and O–H groups in total. The highest BCUT2D eigenvalue weighted by Crippen LogP contribution is 2.40. The molecule has 1 saturated heterocycles. The number of likely N-dealkylation sites (N-methyl/N-ethyl adjacent to an activating group) is 1. The maximum absolute atomic E-state index is 3.85. The van der Waals surface area contributed by atoms with E-state index in [1.807, 2.05) is 0 Å². The number of nitrogens with one attached hydrogen (secondary N) is 1. The summed E-state index contributed by atoms with van der Waals surface area (Å²) in [6, 6.07) is 1.53. The van der Waals surface area contributed by atoms with Crippen molar-refractivity contribution < 1.29 is 0 Å². The van der Waals surface area contributed by atoms with Crippen LogP contribution in [-0.2, 0) is 0 Å². The van der Waals surface area contributed by atoms with E-state index in [0.717, 1.165) is 18.0 Å². The molecule has 1 aliphatic carbocycles. The number of piperidine rings is 1. The van der Waals surface area contributed by atoms with Crippen LogP contribution in [0.5, 0.6) is 0 Å². The summed E-state index contributed by atoms with van der Waals surface area (Å²) in [5.41, 5.74) is 0.551. The Morgan fingerprint density at radius 1 is 1.24 bits per heavy atom. The van der Waals surface area contributed by atoms with Gasteiger partial charge < -0.3 is 10.2 Å². The van der Waals surface area contributed by atoms with Crippen molar-refractivity contribution in [2.45, 2.75) is 65.0 Å². The van der Waals surface area contributed by atoms with Crippen LogP contribution in [0, 0.1) is 11.3 Å². The fourth-order valence-electron chi connectivity index (χ4n) is 3.86. The van der Waals surface area contributed by atoms with Gasteiger partial charge in [0.25, 0.3) is 0 Å². The molecule has 0 aromatic carbocycles. The SMILES string of the molecule is CC1CC(C)(C)CC1NCC1CCCCN1C. The fraction of sp³-hybridized carbons (Fsp3) is 1.00. The van der Waals surface area contributed by atoms with Crippen molar-refractivity contribution in [3.8, 4) is 0 Å². The Balaban J connectivity index is 1.78. The third-order valence-electron chi connectivity index (χ3n) is 4.87. The highest BCUT2D eigenvalue weighted by Gasteiger charge is 2.36. The molecule has 0 bridgehead atoms. The van der Waals surface area contributed by atoms with Gasteiger partial charge in [0.2, 0.25) is 0 Å². The van der Waals surface area contributed by atoms with Gasteiger partial charge in [0.15, 0.2) is 0 Å². The van der Waals surface area contributed by atoms with Crippen LogP contribution in [0.3, 0.4) is 0 Å². The van der Waals surface area contributed by atoms with Crippen LogP contribution in [0.15, 0.2) is 0 Å². The molecule has 0 aromatic heterocycles. The van der Waals surface area contributed by atoms with Crippen molar-refractivity contribution in [2.24, 2.45) is 11.3 Å². The van der Waals surface area contributed by atoms with Crippen LogP contribution in [0.2, 0.25) is 0 Å². The van der Waals surface area contributed by atoms with Crippen LogP contribution in [0.4, 0.5) is 0 Å². The summed E-state index contributed by atoms with van der Waals surface area (Å²) in [6.07, 6.45) is 6.92. The second-order valence-corrected chi connectivity index (χ2v) is 7.19. The van der Waals surface area contributed by atoms with E-state index in [0.29, 0.717) is 5.41 Å². The van der Waals surface area contributed by atoms with Gasteiger partial charge in [0, 0.05) is 18.6 Å². The largest absolute Gasteiger partial charge is 0.312 e. The van der Waals surface area contributed by atoms with Gasteiger partial charge in [0.05, 0.1) is 0 Å². The lowest BCUT2D eigenvalue weighted by molar-refractivity contribution is 0.175. The molecule has 0 aromatic rings. The van der Waals surface area contributed by atoms with Crippen LogP contribution >= 0.6 is 0 Å². The smallest absolute Gasteiger partial charge is 0.0217 e. The lowest BCUT2D eigenvalue weighted by Crippen LogP contribution is -2.46. The molecule has 2 nitrogen and oxygen atoms in total. The first-order chi connectivity index (χ1) is 7.98. The van der Waals surface area contributed by atoms with Crippen molar-refractivity contribution in [3.63, 3.8) is 0 Å². The first-order valence-corrected chi connectivity index (χ1v) is 7.41. The molecule has 1 saturated carbocycles. The van der Waals surface area contributed by atoms with Gasteiger partial charge in [-0.15, -0.1) is 0 Å². The quantitative estimate of drug-likeness (QED) is 0.813. The molecular formula is C15H30N2. The first-order valence-electron chi connectivity index (χ1n) is 7.41. The molecule has 2 heteroatoms. The average Bonchev–Trinajstić information content (AvgIpc) is 2.51. The highest BCUT2D eigenvalue weighted by atomic mass is 15.2. The Morgan fingerprint density at radius 2 is 2.00 bits per heavy atom. The van der Waals surface area contributed by atoms with Crippen LogP contribution in [-0.4, -0.2) is 37.1 Å². The van der Waals surface area contributed by atoms with Gasteiger partial charge in [-0.05, 0) is 50.6 Å². The number of nitrogens with zero attached hydrogens (tertiary/aromatic N) is 1. The minimum Gasteiger partial charge on any atom is -0.312 e. The summed E-state index contributed by atoms with van der Waals surface area (Å²) in [5, 5.41) is 3.85. The summed E-state index contributed by atoms with van der Waals surface area (Å²) in [7, 11) is 2.29. The Labute approximate surface area is 107 Å². The summed E-state index contributed by atoms with van der Waals surface area (Å²) >= 11 is 0. The van der Waals surface area contributed by atoms with E-state index in [1.165, 1.54) is 45.2 Å². The Morgan fingerprint density at radius 3 is 2.59 bits per heavy atom. The Hall–Kier alpha value is -0.0800. The first kappa shape index (κ1) is 13.4. The van der Waals surface area contributed by atoms with Gasteiger partial charge in [-0.1, -0.05) is 27.2 Å². The summed E-state index contributed by atoms with van der Waals surface area (Å²) < 4.78 is 0. The Bertz CT molecular complexity index is 249. The van der Waals surface area contributed by atoms with Gasteiger partial charge >= 0.3 is 0 Å². The maximum Gasteiger partial charge on any atom is 0.0217 e. The zero-order valence-corrected chi connectivity index (χ0v) is 12.1. The average molecular weight is 238 g/mol. The monoisotopic (exact) mass is 238 g/mol. The van der Waals surface area contributed by atoms with Gasteiger partial charge in [0.1, 0.15) is 0 Å². The molecule has 1 aliphatic heterocycles. The minimum absolute atomic E-state index is 0.551. The van der Waals surface area contributed by atoms with E-state index in [4.69, 9.17) is 0 Å². The van der Waals surface area contributed by atoms with Crippen molar-refractivity contribution in [1.82, 2.24) is 10.2 Å². The van der Waals surface area contributed by atoms with E-state index in [9.17, 15) is 0 Å². The van der Waals surface area contributed by atoms with Crippen LogP contribution in [0.1, 0.15) is 52.9 Å². The zero-order chi connectivity index (χ0) is 12.5. The van der Waals surface area contributed by atoms with Gasteiger partial charge in [-0.2, -0.15) is 0 Å². The van der Waals surface area contributed by atoms with E-state index in [1.54, 1.807) is 0 Å². The molecule has 2 rings (SSSR count). The highest BCUT2D eigenvalue weighted by molar-refractivity contribution is 4.92. The van der Waals surface area contributed by atoms with Crippen LogP contribution in [0.25, 0.3) is 0 Å². The molecular weight excluding hydrogens is 208 g/mol. The second kappa shape index (κ2) is 5.27. The third-order valence-corrected chi connectivity index (χ3v) is 4.87. The number of hydrogen-bond acceptors (Lipinski definition) is 2. The molecule has 0 radical (unpaired) electrons. The molecule has 0 spiro atoms. The maximum atomic E-state index is 3.85. The molecule has 1 heterocycles. The normalized spacial score (nSPS) is 38.5. The van der Waals surface area contributed by atoms with Crippen LogP contribution < -0.4 is 5.32 Å². The molecule has 0 amide bonds. The van der Waals surface area contributed by atoms with Crippen molar-refractivity contribution in [2.75, 3.05) is 20.1 Å². The molecule has 17 heavy (non-hydrogen) atoms. The van der Waals surface area contributed by atoms with Gasteiger partial charge in [-0.3, -0.25) is 0 Å². The molecule has 3 atom stereocenters. The predicted molar refractivity (Wildman–Crippen MR) is 74.2 cm³/mol. The number of rotatable bonds is 3. The number of likely N-dealkylation sites (tertiary alicyclic amines) is 1. The molecule has 2 aliphatic rings. The fourth-order valence-corrected chi connectivity index (χ4v) is 3.86. The lowest BCUT2D eigenvalue weighted by atomic mass is 9.91. The van der Waals surface area contributed by atoms with E-state index in [2.05, 4.69) is 38.0 Å². The molecule has 2 fully saturated rings. The third kappa shape index (κ3) is 3.45. The van der Waals surface area contributed by atoms with Crippen molar-refractivity contribution in [1.29, 1.82) is 0 Å². The predicted octanol–water partition coefficient (Wildman–Crippen LogP) is 2.89. The van der Waals surface area contributed by atoms with E-state index < -0.39 is 0 Å². The molecule has 3 unspecified atom stereocenters. The standard InChI is InChI=1S/C15H30N2/c1-12-9-15(2,3)10-14(12)16-11-13-7-5-6-8-17(13)4/h12-14,16H,5-11H2,1-4H3. The van der Waals surface area contributed by atoms with Gasteiger partial charge in [-0.25, -0.2) is 0 Å². The topological polar surface area (TPSA) is 15.3 Å². The minimum atomic E-state index is 0.551. The lowest BCUT2D eigenvalue weighted by Gasteiger charge is -2.34. The second-order valence-electron chi connectivity index (χ2n) is 7.19. The van der Waals surface area contributed by atoms with Crippen molar-refractivity contribution >= 4 is 0 Å². The Kier molecular flexibility index (Phi) is 4.14. The van der Waals surface area contributed by atoms with Crippen molar-refractivity contribution in [3.05, 3.63) is 0 Å². The summed E-state index contributed by atoms with van der Waals surface area (Å²) in [5.74, 6) is 0.846. The summed E-state index contributed by atoms with van der Waals surface area (Å²) in [6.45, 7) is 9.73. The van der Waals surface area contributed by atoms with E-state index >= 15 is 0 Å². The summed E-state index contributed by atoms with van der Waals surface area (Å²) in [4.78, 5) is 2.54.